The van der Waals surface area contributed by atoms with Crippen LogP contribution in [0.3, 0.4) is 0 Å². The van der Waals surface area contributed by atoms with Crippen molar-refractivity contribution in [3.63, 3.8) is 0 Å². The summed E-state index contributed by atoms with van der Waals surface area (Å²) < 4.78 is 171. The first-order valence-electron chi connectivity index (χ1n) is 42.3. The van der Waals surface area contributed by atoms with Gasteiger partial charge in [-0.05, 0) is 165 Å². The molecular weight excluding hydrogens is 1910 g/mol. The average Bonchev–Trinajstić information content (AvgIpc) is 1.21. The summed E-state index contributed by atoms with van der Waals surface area (Å²) in [6, 6.07) is 19.3. The molecule has 3 amide bonds. The Morgan fingerprint density at radius 3 is 1.04 bits per heavy atom. The number of sulfonamides is 1. The molecule has 0 spiro atoms. The van der Waals surface area contributed by atoms with Crippen molar-refractivity contribution < 1.29 is 90.9 Å². The van der Waals surface area contributed by atoms with E-state index in [9.17, 15) is 73.2 Å². The van der Waals surface area contributed by atoms with Crippen LogP contribution in [0, 0.1) is 24.7 Å². The number of phenols is 4. The third-order valence-corrected chi connectivity index (χ3v) is 26.2. The van der Waals surface area contributed by atoms with Crippen LogP contribution in [0.15, 0.2) is 166 Å². The van der Waals surface area contributed by atoms with Crippen LogP contribution in [0.25, 0.3) is 0 Å². The van der Waals surface area contributed by atoms with Crippen LogP contribution in [-0.2, 0) is 60.9 Å². The summed E-state index contributed by atoms with van der Waals surface area (Å²) in [5, 5.41) is 67.1. The van der Waals surface area contributed by atoms with Crippen LogP contribution in [0.5, 0.6) is 23.0 Å². The summed E-state index contributed by atoms with van der Waals surface area (Å²) in [6.07, 6.45) is 2.63. The predicted molar refractivity (Wildman–Crippen MR) is 521 cm³/mol. The first-order chi connectivity index (χ1) is 62.7. The Morgan fingerprint density at radius 1 is 0.418 bits per heavy atom. The summed E-state index contributed by atoms with van der Waals surface area (Å²) in [4.78, 5) is 40.9. The van der Waals surface area contributed by atoms with Gasteiger partial charge in [-0.15, -0.1) is 35.2 Å². The van der Waals surface area contributed by atoms with E-state index in [0.717, 1.165) is 49.0 Å². The molecule has 12 rings (SSSR count). The van der Waals surface area contributed by atoms with E-state index in [1.54, 1.807) is 84.4 Å². The van der Waals surface area contributed by atoms with Gasteiger partial charge in [0, 0.05) is 60.9 Å². The molecule has 0 fully saturated rings. The van der Waals surface area contributed by atoms with Gasteiger partial charge in [0.05, 0.1) is 94.2 Å². The molecule has 726 valence electrons. The molecule has 4 unspecified atom stereocenters. The lowest BCUT2D eigenvalue weighted by molar-refractivity contribution is -0.138. The van der Waals surface area contributed by atoms with Crippen molar-refractivity contribution in [2.24, 2.45) is 52.9 Å². The highest BCUT2D eigenvalue weighted by atomic mass is 79.9. The van der Waals surface area contributed by atoms with Gasteiger partial charge in [0.15, 0.2) is 69.7 Å². The molecule has 4 aromatic heterocycles. The standard InChI is InChI=1S/C23H28F3N5O4S.C23H31N5O4S.C22H28BrN5O4S.C20H27N5O5S2/c1-11(2)13-9-16(35-10-13)18(12(3)4)28-21-20(29-36(34)30-21)27-15-8-7-14(23(24,25)26)17(19(15)32)22(33)31(5)6;1-12(2)15-10-17(32-11-15)19(13(3)4)25-22-21(26-33(31)27-22)24-16-9-8-14(5)18(20(16)29)23(30)28(6)7;1-11(2)13-9-16(32-10-13)18(12(3)4)25-21-20(26-33(31)27-21)24-15-8-7-14(23)17(19(15)29)22(30)28(5)6;1-6-14(16-10-13(11-30-16)12(2)3)21-19-20(24-31(27)23-19)22-15-8-7-9-17(18(15)26)32(28,29)25(4)5/h7-12,18,32H,1-6H3,(H,27,29)(H,28,30);8-13,19,29H,1-7H3,(H,24,26)(H,25,27);7-12,18,29H,1-6H3,(H,24,26)(H,25,27);7-12,14,26H,6H2,1-5H3,(H,21,23)(H,22,24)/t18-,36?;19-,33?;18-,33?;14-,31?/m1111/s1. The highest BCUT2D eigenvalue weighted by Crippen LogP contribution is 2.43. The van der Waals surface area contributed by atoms with Crippen LogP contribution >= 0.6 is 15.9 Å². The lowest BCUT2D eigenvalue weighted by Crippen LogP contribution is -2.38. The molecule has 37 nitrogen and oxygen atoms in total. The lowest BCUT2D eigenvalue weighted by Gasteiger charge is -2.22. The molecule has 4 aromatic carbocycles. The lowest BCUT2D eigenvalue weighted by atomic mass is 9.99. The Labute approximate surface area is 794 Å². The number of nitrogens with one attached hydrogen (secondary N) is 8. The van der Waals surface area contributed by atoms with E-state index in [1.165, 1.54) is 56.2 Å². The molecule has 0 bridgehead atoms. The number of benzene rings is 4. The summed E-state index contributed by atoms with van der Waals surface area (Å²) in [5.41, 5.74) is 3.31. The van der Waals surface area contributed by atoms with Crippen LogP contribution in [-0.4, -0.2) is 185 Å². The maximum absolute atomic E-state index is 13.5. The van der Waals surface area contributed by atoms with E-state index >= 15 is 0 Å². The molecule has 8 aromatic rings. The number of amides is 3. The second-order valence-electron chi connectivity index (χ2n) is 34.3. The smallest absolute Gasteiger partial charge is 0.417 e. The van der Waals surface area contributed by atoms with Crippen molar-refractivity contribution in [2.75, 3.05) is 77.6 Å². The number of nitrogens with zero attached hydrogens (tertiary/aromatic N) is 12. The number of rotatable bonds is 25. The van der Waals surface area contributed by atoms with Crippen molar-refractivity contribution >= 4 is 158 Å². The minimum Gasteiger partial charge on any atom is -0.505 e. The first kappa shape index (κ1) is 106. The monoisotopic (exact) mass is 2020 g/mol. The molecule has 0 saturated carbocycles. The Kier molecular flexibility index (Phi) is 35.5. The number of anilines is 4. The van der Waals surface area contributed by atoms with Gasteiger partial charge in [0.1, 0.15) is 27.9 Å². The summed E-state index contributed by atoms with van der Waals surface area (Å²) in [7, 11) is 7.84. The Bertz CT molecular complexity index is 5990. The number of aryl methyl sites for hydroxylation is 1. The van der Waals surface area contributed by atoms with Crippen molar-refractivity contribution in [3.8, 4) is 23.0 Å². The van der Waals surface area contributed by atoms with Gasteiger partial charge < -0.3 is 95.3 Å². The molecule has 0 saturated heterocycles. The molecular formula is C88H114BrF3N20O17S5. The third kappa shape index (κ3) is 25.8. The minimum atomic E-state index is -4.88. The van der Waals surface area contributed by atoms with Gasteiger partial charge in [-0.3, -0.25) is 14.4 Å². The highest BCUT2D eigenvalue weighted by molar-refractivity contribution is 9.10. The molecule has 0 radical (unpaired) electrons. The van der Waals surface area contributed by atoms with Crippen LogP contribution in [0.1, 0.15) is 246 Å². The number of para-hydroxylation sites is 1. The largest absolute Gasteiger partial charge is 0.505 e. The van der Waals surface area contributed by atoms with E-state index in [0.29, 0.717) is 51.8 Å². The van der Waals surface area contributed by atoms with Gasteiger partial charge in [0.2, 0.25) is 10.0 Å². The summed E-state index contributed by atoms with van der Waals surface area (Å²) >= 11 is -4.19. The Hall–Kier alpha value is -11.9. The van der Waals surface area contributed by atoms with E-state index < -0.39 is 95.5 Å². The molecule has 134 heavy (non-hydrogen) atoms. The SMILES string of the molecule is CC(C)c1coc([C@H](NC2=NS(=O)N=C2Nc2ccc(Br)c(C(=O)N(C)C)c2O)C(C)C)c1.CC(C)c1coc([C@H](NC2=NS(=O)N=C2Nc2ccc(C(F)(F)F)c(C(=O)N(C)C)c2O)C(C)C)c1.CC[C@@H](NC1=NS(=O)N=C1Nc1cccc(S(=O)(=O)N(C)C)c1O)c1cc(C(C)C)co1.Cc1ccc(NC2=NS(=O)N=C2N[C@@H](c2cc(C(C)C)co2)C(C)C)c(O)c1C(=O)N(C)C. The predicted octanol–water partition coefficient (Wildman–Crippen LogP) is 15.8. The number of aromatic hydroxyl groups is 4. The van der Waals surface area contributed by atoms with E-state index in [-0.39, 0.29) is 151 Å². The van der Waals surface area contributed by atoms with Crippen LogP contribution in [0.4, 0.5) is 35.9 Å². The fourth-order valence-electron chi connectivity index (χ4n) is 13.1. The molecule has 8 heterocycles. The minimum absolute atomic E-state index is 0.00191. The molecule has 4 aliphatic heterocycles. The maximum atomic E-state index is 13.5. The Balaban J connectivity index is 0.000000201. The number of carbonyl (C=O) groups is 3. The number of furan rings is 4. The Morgan fingerprint density at radius 2 is 0.716 bits per heavy atom. The molecule has 12 N–H and O–H groups in total. The zero-order chi connectivity index (χ0) is 99.5. The fourth-order valence-corrected chi connectivity index (χ4v) is 17.1. The number of carbonyl (C=O) groups excluding carboxylic acids is 3. The quantitative estimate of drug-likeness (QED) is 0.0236. The number of phenolic OH excluding ortho intramolecular Hbond substituents is 4. The number of amidine groups is 8. The number of hydrogen-bond donors (Lipinski definition) is 12. The van der Waals surface area contributed by atoms with E-state index in [2.05, 4.69) is 135 Å². The van der Waals surface area contributed by atoms with Crippen LogP contribution < -0.4 is 42.5 Å². The fraction of sp³-hybridized carbons (Fsp3) is 0.420. The summed E-state index contributed by atoms with van der Waals surface area (Å²) in [6.45, 7) is 32.3. The molecule has 8 atom stereocenters. The van der Waals surface area contributed by atoms with E-state index in [4.69, 9.17) is 17.7 Å². The highest BCUT2D eigenvalue weighted by Gasteiger charge is 2.40. The second kappa shape index (κ2) is 45.0. The number of hydrogen-bond acceptors (Lipinski definition) is 25. The van der Waals surface area contributed by atoms with Crippen molar-refractivity contribution in [2.45, 2.75) is 176 Å². The summed E-state index contributed by atoms with van der Waals surface area (Å²) in [5.74, 6) is 1.96. The van der Waals surface area contributed by atoms with E-state index in [1.807, 2.05) is 86.6 Å². The van der Waals surface area contributed by atoms with Gasteiger partial charge in [0.25, 0.3) is 62.4 Å². The van der Waals surface area contributed by atoms with Crippen LogP contribution in [0.2, 0.25) is 0 Å². The van der Waals surface area contributed by atoms with Crippen molar-refractivity contribution in [3.05, 3.63) is 182 Å². The van der Waals surface area contributed by atoms with Crippen molar-refractivity contribution in [1.29, 1.82) is 0 Å². The topological polar surface area (TPSA) is 495 Å². The zero-order valence-corrected chi connectivity index (χ0v) is 84.1. The second-order valence-corrected chi connectivity index (χ2v) is 40.6. The normalized spacial score (nSPS) is 16.8. The van der Waals surface area contributed by atoms with Gasteiger partial charge in [-0.1, -0.05) is 116 Å². The van der Waals surface area contributed by atoms with Crippen molar-refractivity contribution in [1.82, 2.24) is 40.3 Å². The first-order valence-corrected chi connectivity index (χ1v) is 48.7. The zero-order valence-electron chi connectivity index (χ0n) is 78.4. The molecule has 0 aliphatic carbocycles. The number of halogens is 4. The number of alkyl halides is 3. The molecule has 4 aliphatic rings. The van der Waals surface area contributed by atoms with Gasteiger partial charge >= 0.3 is 6.18 Å². The molecule has 46 heteroatoms. The van der Waals surface area contributed by atoms with Gasteiger partial charge in [-0.25, -0.2) is 29.6 Å². The van der Waals surface area contributed by atoms with Gasteiger partial charge in [-0.2, -0.15) is 13.2 Å². The maximum Gasteiger partial charge on any atom is 0.417 e. The average molecular weight is 2020 g/mol. The third-order valence-electron chi connectivity index (χ3n) is 21.0.